The number of sulfonamides is 1. The number of hydrogen-bond donors (Lipinski definition) is 2. The number of amides is 1. The lowest BCUT2D eigenvalue weighted by molar-refractivity contribution is -0.141. The first-order valence-electron chi connectivity index (χ1n) is 7.06. The van der Waals surface area contributed by atoms with Gasteiger partial charge in [0.15, 0.2) is 0 Å². The van der Waals surface area contributed by atoms with Crippen molar-refractivity contribution in [2.45, 2.75) is 17.4 Å². The van der Waals surface area contributed by atoms with Gasteiger partial charge < -0.3 is 19.5 Å². The molecule has 0 radical (unpaired) electrons. The Balaban J connectivity index is 2.29. The molecule has 3 N–H and O–H groups in total. The van der Waals surface area contributed by atoms with Crippen LogP contribution in [0.15, 0.2) is 23.1 Å². The van der Waals surface area contributed by atoms with Gasteiger partial charge in [0.25, 0.3) is 5.91 Å². The van der Waals surface area contributed by atoms with Crippen molar-refractivity contribution in [3.05, 3.63) is 23.8 Å². The Morgan fingerprint density at radius 2 is 2.17 bits per heavy atom. The Morgan fingerprint density at radius 1 is 1.46 bits per heavy atom. The molecule has 1 aliphatic heterocycles. The van der Waals surface area contributed by atoms with Crippen LogP contribution in [0.4, 0.5) is 0 Å². The topological polar surface area (TPSA) is 136 Å². The monoisotopic (exact) mass is 358 g/mol. The van der Waals surface area contributed by atoms with Gasteiger partial charge in [-0.15, -0.1) is 0 Å². The summed E-state index contributed by atoms with van der Waals surface area (Å²) in [5, 5.41) is 13.9. The number of benzene rings is 1. The predicted molar refractivity (Wildman–Crippen MR) is 82.3 cm³/mol. The highest BCUT2D eigenvalue weighted by atomic mass is 32.2. The van der Waals surface area contributed by atoms with Gasteiger partial charge in [0.05, 0.1) is 36.7 Å². The minimum atomic E-state index is -3.97. The van der Waals surface area contributed by atoms with Gasteiger partial charge in [-0.1, -0.05) is 0 Å². The number of methoxy groups -OCH3 is 1. The average molecular weight is 358 g/mol. The van der Waals surface area contributed by atoms with E-state index < -0.39 is 28.0 Å². The number of carbonyl (C=O) groups is 2. The van der Waals surface area contributed by atoms with E-state index in [0.717, 1.165) is 6.07 Å². The lowest BCUT2D eigenvalue weighted by Gasteiger charge is -2.32. The predicted octanol–water partition coefficient (Wildman–Crippen LogP) is -0.342. The maximum Gasteiger partial charge on any atom is 0.306 e. The van der Waals surface area contributed by atoms with Gasteiger partial charge in [-0.05, 0) is 18.2 Å². The third kappa shape index (κ3) is 4.22. The summed E-state index contributed by atoms with van der Waals surface area (Å²) in [6, 6.07) is 3.75. The van der Waals surface area contributed by atoms with E-state index in [4.69, 9.17) is 19.7 Å². The zero-order valence-electron chi connectivity index (χ0n) is 13.0. The molecular weight excluding hydrogens is 340 g/mol. The molecule has 1 aromatic carbocycles. The Kier molecular flexibility index (Phi) is 5.42. The molecule has 0 spiro atoms. The minimum absolute atomic E-state index is 0.0417. The molecule has 9 nitrogen and oxygen atoms in total. The SMILES string of the molecule is COc1ccc(S(N)(=O)=O)cc1C(=O)N1CCOC(CC(=O)O)C1. The van der Waals surface area contributed by atoms with Crippen molar-refractivity contribution in [3.8, 4) is 5.75 Å². The number of nitrogens with zero attached hydrogens (tertiary/aromatic N) is 1. The molecule has 1 atom stereocenters. The number of carboxylic acid groups (broad SMARTS) is 1. The van der Waals surface area contributed by atoms with Gasteiger partial charge in [0, 0.05) is 13.1 Å². The van der Waals surface area contributed by atoms with E-state index in [2.05, 4.69) is 0 Å². The summed E-state index contributed by atoms with van der Waals surface area (Å²) >= 11 is 0. The average Bonchev–Trinajstić information content (AvgIpc) is 2.52. The molecule has 1 amide bonds. The molecule has 1 heterocycles. The number of hydrogen-bond acceptors (Lipinski definition) is 6. The summed E-state index contributed by atoms with van der Waals surface area (Å²) in [4.78, 5) is 24.7. The molecule has 0 aromatic heterocycles. The first-order valence-corrected chi connectivity index (χ1v) is 8.60. The lowest BCUT2D eigenvalue weighted by atomic mass is 10.1. The smallest absolute Gasteiger partial charge is 0.306 e. The van der Waals surface area contributed by atoms with Crippen molar-refractivity contribution in [1.29, 1.82) is 0 Å². The second-order valence-electron chi connectivity index (χ2n) is 5.25. The van der Waals surface area contributed by atoms with E-state index in [0.29, 0.717) is 0 Å². The Bertz CT molecular complexity index is 747. The number of aliphatic carboxylic acids is 1. The summed E-state index contributed by atoms with van der Waals surface area (Å²) in [6.07, 6.45) is -0.842. The second-order valence-corrected chi connectivity index (χ2v) is 6.81. The van der Waals surface area contributed by atoms with Crippen LogP contribution in [0.5, 0.6) is 5.75 Å². The van der Waals surface area contributed by atoms with E-state index in [1.807, 2.05) is 0 Å². The van der Waals surface area contributed by atoms with Crippen LogP contribution in [0, 0.1) is 0 Å². The number of rotatable bonds is 5. The zero-order valence-corrected chi connectivity index (χ0v) is 13.8. The van der Waals surface area contributed by atoms with Gasteiger partial charge in [-0.3, -0.25) is 9.59 Å². The van der Waals surface area contributed by atoms with Crippen LogP contribution in [0.3, 0.4) is 0 Å². The zero-order chi connectivity index (χ0) is 17.9. The first-order chi connectivity index (χ1) is 11.2. The quantitative estimate of drug-likeness (QED) is 0.734. The molecule has 132 valence electrons. The van der Waals surface area contributed by atoms with Gasteiger partial charge >= 0.3 is 5.97 Å². The lowest BCUT2D eigenvalue weighted by Crippen LogP contribution is -2.46. The van der Waals surface area contributed by atoms with Crippen LogP contribution in [0.2, 0.25) is 0 Å². The molecule has 2 rings (SSSR count). The van der Waals surface area contributed by atoms with Crippen LogP contribution in [-0.2, 0) is 19.6 Å². The molecule has 1 aromatic rings. The fraction of sp³-hybridized carbons (Fsp3) is 0.429. The molecule has 1 unspecified atom stereocenters. The van der Waals surface area contributed by atoms with Gasteiger partial charge in [0.2, 0.25) is 10.0 Å². The highest BCUT2D eigenvalue weighted by Gasteiger charge is 2.28. The molecule has 1 fully saturated rings. The molecule has 10 heteroatoms. The van der Waals surface area contributed by atoms with E-state index in [1.165, 1.54) is 24.1 Å². The van der Waals surface area contributed by atoms with E-state index in [-0.39, 0.29) is 42.3 Å². The normalized spacial score (nSPS) is 18.2. The Hall–Kier alpha value is -2.17. The van der Waals surface area contributed by atoms with Gasteiger partial charge in [-0.25, -0.2) is 13.6 Å². The van der Waals surface area contributed by atoms with Crippen LogP contribution in [0.25, 0.3) is 0 Å². The summed E-state index contributed by atoms with van der Waals surface area (Å²) in [6.45, 7) is 0.548. The van der Waals surface area contributed by atoms with Crippen LogP contribution >= 0.6 is 0 Å². The molecule has 0 aliphatic carbocycles. The third-order valence-corrected chi connectivity index (χ3v) is 4.47. The molecule has 0 bridgehead atoms. The highest BCUT2D eigenvalue weighted by molar-refractivity contribution is 7.89. The number of nitrogens with two attached hydrogens (primary N) is 1. The summed E-state index contributed by atoms with van der Waals surface area (Å²) < 4.78 is 33.4. The maximum absolute atomic E-state index is 12.7. The summed E-state index contributed by atoms with van der Waals surface area (Å²) in [5.41, 5.74) is 0.0417. The van der Waals surface area contributed by atoms with Crippen molar-refractivity contribution >= 4 is 21.9 Å². The number of primary sulfonamides is 1. The van der Waals surface area contributed by atoms with Crippen molar-refractivity contribution in [3.63, 3.8) is 0 Å². The van der Waals surface area contributed by atoms with Crippen molar-refractivity contribution in [2.75, 3.05) is 26.8 Å². The van der Waals surface area contributed by atoms with Crippen LogP contribution in [-0.4, -0.2) is 63.2 Å². The van der Waals surface area contributed by atoms with E-state index in [1.54, 1.807) is 0 Å². The van der Waals surface area contributed by atoms with Crippen molar-refractivity contribution in [1.82, 2.24) is 4.90 Å². The van der Waals surface area contributed by atoms with Crippen LogP contribution < -0.4 is 9.88 Å². The van der Waals surface area contributed by atoms with Crippen molar-refractivity contribution < 1.29 is 32.6 Å². The minimum Gasteiger partial charge on any atom is -0.496 e. The van der Waals surface area contributed by atoms with Gasteiger partial charge in [0.1, 0.15) is 5.75 Å². The Labute approximate surface area is 139 Å². The summed E-state index contributed by atoms with van der Waals surface area (Å²) in [5.74, 6) is -1.30. The first kappa shape index (κ1) is 18.2. The summed E-state index contributed by atoms with van der Waals surface area (Å²) in [7, 11) is -2.61. The standard InChI is InChI=1S/C14H18N2O7S/c1-22-12-3-2-10(24(15,20)21)7-11(12)14(19)16-4-5-23-9(8-16)6-13(17)18/h2-3,7,9H,4-6,8H2,1H3,(H,17,18)(H2,15,20,21). The fourth-order valence-electron chi connectivity index (χ4n) is 2.42. The molecule has 0 saturated carbocycles. The van der Waals surface area contributed by atoms with E-state index >= 15 is 0 Å². The third-order valence-electron chi connectivity index (χ3n) is 3.56. The molecule has 1 aliphatic rings. The molecule has 24 heavy (non-hydrogen) atoms. The van der Waals surface area contributed by atoms with Gasteiger partial charge in [-0.2, -0.15) is 0 Å². The maximum atomic E-state index is 12.7. The number of carboxylic acids is 1. The number of carbonyl (C=O) groups excluding carboxylic acids is 1. The van der Waals surface area contributed by atoms with Crippen LogP contribution in [0.1, 0.15) is 16.8 Å². The Morgan fingerprint density at radius 3 is 2.75 bits per heavy atom. The van der Waals surface area contributed by atoms with Crippen molar-refractivity contribution in [2.24, 2.45) is 5.14 Å². The molecular formula is C14H18N2O7S. The number of ether oxygens (including phenoxy) is 2. The van der Waals surface area contributed by atoms with E-state index in [9.17, 15) is 18.0 Å². The fourth-order valence-corrected chi connectivity index (χ4v) is 2.96. The number of morpholine rings is 1. The highest BCUT2D eigenvalue weighted by Crippen LogP contribution is 2.24. The second kappa shape index (κ2) is 7.16. The molecule has 1 saturated heterocycles. The largest absolute Gasteiger partial charge is 0.496 e.